The highest BCUT2D eigenvalue weighted by molar-refractivity contribution is 9.10. The van der Waals surface area contributed by atoms with Crippen molar-refractivity contribution in [2.75, 3.05) is 16.3 Å². The van der Waals surface area contributed by atoms with Crippen LogP contribution in [0.2, 0.25) is 0 Å². The van der Waals surface area contributed by atoms with E-state index in [0.29, 0.717) is 22.6 Å². The highest BCUT2D eigenvalue weighted by Crippen LogP contribution is 2.23. The van der Waals surface area contributed by atoms with E-state index >= 15 is 0 Å². The molecule has 19 heavy (non-hydrogen) atoms. The molecule has 0 fully saturated rings. The number of sulfonamides is 1. The molecule has 0 saturated carbocycles. The van der Waals surface area contributed by atoms with Crippen LogP contribution in [-0.2, 0) is 16.6 Å². The summed E-state index contributed by atoms with van der Waals surface area (Å²) in [5, 5.41) is 3.12. The van der Waals surface area contributed by atoms with Crippen LogP contribution in [0.25, 0.3) is 0 Å². The third kappa shape index (κ3) is 4.29. The van der Waals surface area contributed by atoms with E-state index in [1.807, 2.05) is 12.1 Å². The molecule has 2 N–H and O–H groups in total. The lowest BCUT2D eigenvalue weighted by Crippen LogP contribution is -2.11. The maximum atomic E-state index is 11.3. The lowest BCUT2D eigenvalue weighted by Gasteiger charge is -2.11. The second-order valence-corrected chi connectivity index (χ2v) is 6.51. The van der Waals surface area contributed by atoms with Crippen LogP contribution in [0, 0.1) is 0 Å². The number of hydrogen-bond acceptors (Lipinski definition) is 4. The van der Waals surface area contributed by atoms with E-state index in [0.717, 1.165) is 12.0 Å². The van der Waals surface area contributed by atoms with E-state index in [2.05, 4.69) is 26.0 Å². The summed E-state index contributed by atoms with van der Waals surface area (Å²) in [6, 6.07) is 10.7. The Morgan fingerprint density at radius 3 is 2.42 bits per heavy atom. The standard InChI is InChI=1S/C12H13BrN2O3S/c1-19(16,17)15-11-5-3-2-4-10(11)14-8-9-6-7-12(13)18-9/h2-7,14-15H,8H2,1H3. The average Bonchev–Trinajstić information content (AvgIpc) is 2.72. The van der Waals surface area contributed by atoms with Gasteiger partial charge in [0.1, 0.15) is 5.76 Å². The fourth-order valence-corrected chi connectivity index (χ4v) is 2.47. The van der Waals surface area contributed by atoms with Gasteiger partial charge in [-0.2, -0.15) is 0 Å². The third-order valence-electron chi connectivity index (χ3n) is 2.30. The normalized spacial score (nSPS) is 11.3. The maximum Gasteiger partial charge on any atom is 0.229 e. The molecule has 0 spiro atoms. The summed E-state index contributed by atoms with van der Waals surface area (Å²) in [5.74, 6) is 0.751. The molecule has 0 bridgehead atoms. The minimum Gasteiger partial charge on any atom is -0.452 e. The van der Waals surface area contributed by atoms with Crippen molar-refractivity contribution < 1.29 is 12.8 Å². The Morgan fingerprint density at radius 1 is 1.16 bits per heavy atom. The first-order valence-corrected chi connectivity index (χ1v) is 8.17. The van der Waals surface area contributed by atoms with Gasteiger partial charge >= 0.3 is 0 Å². The molecule has 7 heteroatoms. The van der Waals surface area contributed by atoms with Gasteiger partial charge < -0.3 is 9.73 Å². The molecule has 0 unspecified atom stereocenters. The largest absolute Gasteiger partial charge is 0.452 e. The van der Waals surface area contributed by atoms with Gasteiger partial charge in [-0.1, -0.05) is 12.1 Å². The van der Waals surface area contributed by atoms with Crippen LogP contribution in [0.15, 0.2) is 45.5 Å². The van der Waals surface area contributed by atoms with Gasteiger partial charge in [0.05, 0.1) is 24.2 Å². The number of para-hydroxylation sites is 2. The van der Waals surface area contributed by atoms with Crippen LogP contribution in [0.3, 0.4) is 0 Å². The topological polar surface area (TPSA) is 71.3 Å². The van der Waals surface area contributed by atoms with E-state index in [1.54, 1.807) is 24.3 Å². The van der Waals surface area contributed by atoms with E-state index in [1.165, 1.54) is 0 Å². The molecular formula is C12H13BrN2O3S. The molecule has 1 aromatic carbocycles. The van der Waals surface area contributed by atoms with Gasteiger partial charge in [0.25, 0.3) is 0 Å². The summed E-state index contributed by atoms with van der Waals surface area (Å²) in [6.45, 7) is 0.466. The van der Waals surface area contributed by atoms with Crippen molar-refractivity contribution in [2.24, 2.45) is 0 Å². The molecule has 1 aromatic heterocycles. The molecule has 2 rings (SSSR count). The van der Waals surface area contributed by atoms with Gasteiger partial charge in [-0.25, -0.2) is 8.42 Å². The van der Waals surface area contributed by atoms with Crippen LogP contribution in [0.4, 0.5) is 11.4 Å². The number of furan rings is 1. The molecular weight excluding hydrogens is 332 g/mol. The first-order valence-electron chi connectivity index (χ1n) is 5.49. The number of rotatable bonds is 5. The van der Waals surface area contributed by atoms with E-state index in [4.69, 9.17) is 4.42 Å². The second kappa shape index (κ2) is 5.66. The van der Waals surface area contributed by atoms with Crippen molar-refractivity contribution in [3.63, 3.8) is 0 Å². The van der Waals surface area contributed by atoms with Gasteiger partial charge in [-0.3, -0.25) is 4.72 Å². The number of benzene rings is 1. The van der Waals surface area contributed by atoms with Crippen molar-refractivity contribution in [1.82, 2.24) is 0 Å². The van der Waals surface area contributed by atoms with Crippen molar-refractivity contribution in [3.05, 3.63) is 46.8 Å². The zero-order valence-corrected chi connectivity index (χ0v) is 12.6. The highest BCUT2D eigenvalue weighted by Gasteiger charge is 2.07. The van der Waals surface area contributed by atoms with Gasteiger partial charge in [0, 0.05) is 0 Å². The first-order chi connectivity index (χ1) is 8.94. The SMILES string of the molecule is CS(=O)(=O)Nc1ccccc1NCc1ccc(Br)o1. The van der Waals surface area contributed by atoms with E-state index in [-0.39, 0.29) is 0 Å². The fraction of sp³-hybridized carbons (Fsp3) is 0.167. The molecule has 0 aliphatic carbocycles. The molecule has 5 nitrogen and oxygen atoms in total. The minimum absolute atomic E-state index is 0.466. The minimum atomic E-state index is -3.30. The Balaban J connectivity index is 2.11. The molecule has 0 amide bonds. The van der Waals surface area contributed by atoms with Gasteiger partial charge in [0.2, 0.25) is 10.0 Å². The van der Waals surface area contributed by atoms with Gasteiger partial charge in [-0.15, -0.1) is 0 Å². The quantitative estimate of drug-likeness (QED) is 0.874. The summed E-state index contributed by atoms with van der Waals surface area (Å²) in [5.41, 5.74) is 1.20. The molecule has 102 valence electrons. The number of anilines is 2. The second-order valence-electron chi connectivity index (χ2n) is 3.98. The summed E-state index contributed by atoms with van der Waals surface area (Å²) >= 11 is 3.23. The predicted molar refractivity (Wildman–Crippen MR) is 78.6 cm³/mol. The number of halogens is 1. The number of hydrogen-bond donors (Lipinski definition) is 2. The van der Waals surface area contributed by atoms with Crippen molar-refractivity contribution in [2.45, 2.75) is 6.54 Å². The molecule has 0 atom stereocenters. The summed E-state index contributed by atoms with van der Waals surface area (Å²) in [4.78, 5) is 0. The van der Waals surface area contributed by atoms with Gasteiger partial charge in [-0.05, 0) is 40.2 Å². The van der Waals surface area contributed by atoms with Crippen molar-refractivity contribution in [3.8, 4) is 0 Å². The zero-order valence-electron chi connectivity index (χ0n) is 10.2. The number of nitrogens with one attached hydrogen (secondary N) is 2. The van der Waals surface area contributed by atoms with Crippen LogP contribution in [-0.4, -0.2) is 14.7 Å². The Labute approximate surface area is 120 Å². The average molecular weight is 345 g/mol. The van der Waals surface area contributed by atoms with Crippen molar-refractivity contribution >= 4 is 37.3 Å². The predicted octanol–water partition coefficient (Wildman–Crippen LogP) is 3.03. The van der Waals surface area contributed by atoms with E-state index < -0.39 is 10.0 Å². The Bertz CT molecular complexity index is 667. The smallest absolute Gasteiger partial charge is 0.229 e. The Hall–Kier alpha value is -1.47. The molecule has 0 aliphatic heterocycles. The Morgan fingerprint density at radius 2 is 1.84 bits per heavy atom. The van der Waals surface area contributed by atoms with E-state index in [9.17, 15) is 8.42 Å². The molecule has 0 saturated heterocycles. The van der Waals surface area contributed by atoms with Crippen LogP contribution >= 0.6 is 15.9 Å². The summed E-state index contributed by atoms with van der Waals surface area (Å²) in [6.07, 6.45) is 1.12. The lowest BCUT2D eigenvalue weighted by molar-refractivity contribution is 0.495. The van der Waals surface area contributed by atoms with Crippen LogP contribution < -0.4 is 10.0 Å². The molecule has 2 aromatic rings. The first kappa shape index (κ1) is 14.0. The molecule has 0 aliphatic rings. The molecule has 1 heterocycles. The molecule has 0 radical (unpaired) electrons. The lowest BCUT2D eigenvalue weighted by atomic mass is 10.2. The van der Waals surface area contributed by atoms with Crippen LogP contribution in [0.1, 0.15) is 5.76 Å². The Kier molecular flexibility index (Phi) is 4.16. The zero-order chi connectivity index (χ0) is 13.9. The highest BCUT2D eigenvalue weighted by atomic mass is 79.9. The van der Waals surface area contributed by atoms with Crippen molar-refractivity contribution in [1.29, 1.82) is 0 Å². The van der Waals surface area contributed by atoms with Gasteiger partial charge in [0.15, 0.2) is 4.67 Å². The van der Waals surface area contributed by atoms with Crippen LogP contribution in [0.5, 0.6) is 0 Å². The third-order valence-corrected chi connectivity index (χ3v) is 3.32. The fourth-order valence-electron chi connectivity index (χ4n) is 1.56. The monoisotopic (exact) mass is 344 g/mol. The summed E-state index contributed by atoms with van der Waals surface area (Å²) < 4.78 is 31.0. The maximum absolute atomic E-state index is 11.3. The summed E-state index contributed by atoms with van der Waals surface area (Å²) in [7, 11) is -3.30.